The van der Waals surface area contributed by atoms with Crippen LogP contribution in [0.25, 0.3) is 0 Å². The molecule has 1 aliphatic heterocycles. The maximum absolute atomic E-state index is 13.8. The molecule has 2 aliphatic rings. The summed E-state index contributed by atoms with van der Waals surface area (Å²) in [4.78, 5) is 34.4. The maximum Gasteiger partial charge on any atom is 0.423 e. The molecular weight excluding hydrogens is 549 g/mol. The number of hydrogen-bond donors (Lipinski definition) is 2. The molecule has 2 N–H and O–H groups in total. The molecule has 13 heteroatoms. The summed E-state index contributed by atoms with van der Waals surface area (Å²) >= 11 is 0. The number of rotatable bonds is 6. The van der Waals surface area contributed by atoms with E-state index in [0.29, 0.717) is 35.1 Å². The molecule has 0 atom stereocenters. The van der Waals surface area contributed by atoms with Gasteiger partial charge in [-0.25, -0.2) is 13.8 Å². The van der Waals surface area contributed by atoms with Gasteiger partial charge in [-0.05, 0) is 55.2 Å². The molecule has 1 saturated carbocycles. The molecule has 2 amide bonds. The molecule has 0 radical (unpaired) electrons. The average molecular weight is 576 g/mol. The van der Waals surface area contributed by atoms with Crippen molar-refractivity contribution in [2.24, 2.45) is 0 Å². The van der Waals surface area contributed by atoms with E-state index in [4.69, 9.17) is 4.74 Å². The van der Waals surface area contributed by atoms with Crippen LogP contribution in [-0.4, -0.2) is 45.7 Å². The van der Waals surface area contributed by atoms with Crippen LogP contribution in [0.4, 0.5) is 33.6 Å². The van der Waals surface area contributed by atoms with Crippen LogP contribution in [0.3, 0.4) is 0 Å². The number of carbonyl (C=O) groups is 2. The first-order valence-corrected chi connectivity index (χ1v) is 12.9. The van der Waals surface area contributed by atoms with E-state index in [0.717, 1.165) is 0 Å². The Labute approximate surface area is 231 Å². The highest BCUT2D eigenvalue weighted by molar-refractivity contribution is 6.01. The van der Waals surface area contributed by atoms with E-state index in [-0.39, 0.29) is 54.9 Å². The summed E-state index contributed by atoms with van der Waals surface area (Å²) in [5, 5.41) is 5.62. The number of aryl methyl sites for hydroxylation is 1. The molecule has 3 aromatic rings. The number of anilines is 2. The van der Waals surface area contributed by atoms with E-state index in [2.05, 4.69) is 20.6 Å². The van der Waals surface area contributed by atoms with Gasteiger partial charge in [-0.3, -0.25) is 9.59 Å². The molecule has 0 bridgehead atoms. The third-order valence-corrected chi connectivity index (χ3v) is 7.13. The number of halogens is 5. The largest absolute Gasteiger partial charge is 0.437 e. The fraction of sp³-hybridized carbons (Fsp3) is 0.357. The van der Waals surface area contributed by atoms with E-state index >= 15 is 0 Å². The second kappa shape index (κ2) is 10.6. The maximum atomic E-state index is 13.8. The van der Waals surface area contributed by atoms with Crippen molar-refractivity contribution in [2.75, 3.05) is 12.4 Å². The molecule has 41 heavy (non-hydrogen) atoms. The normalized spacial score (nSPS) is 16.9. The first kappa shape index (κ1) is 28.2. The third kappa shape index (κ3) is 6.08. The van der Waals surface area contributed by atoms with Gasteiger partial charge in [0.15, 0.2) is 0 Å². The average Bonchev–Trinajstić information content (AvgIpc) is 3.20. The summed E-state index contributed by atoms with van der Waals surface area (Å²) in [6.45, 7) is 1.98. The van der Waals surface area contributed by atoms with Gasteiger partial charge in [0.2, 0.25) is 17.8 Å². The number of aromatic nitrogens is 2. The summed E-state index contributed by atoms with van der Waals surface area (Å²) < 4.78 is 73.7. The zero-order valence-electron chi connectivity index (χ0n) is 22.1. The number of benzene rings is 2. The Hall–Kier alpha value is -4.29. The molecule has 0 spiro atoms. The minimum absolute atomic E-state index is 0.0553. The molecule has 1 fully saturated rings. The first-order chi connectivity index (χ1) is 19.3. The number of carbonyl (C=O) groups excluding carboxylic acids is 2. The molecular formula is C28H26F5N5O3. The van der Waals surface area contributed by atoms with Gasteiger partial charge in [0.25, 0.3) is 11.8 Å². The van der Waals surface area contributed by atoms with Crippen molar-refractivity contribution in [3.63, 3.8) is 0 Å². The van der Waals surface area contributed by atoms with E-state index in [1.165, 1.54) is 17.0 Å². The van der Waals surface area contributed by atoms with Gasteiger partial charge in [0, 0.05) is 49.9 Å². The Morgan fingerprint density at radius 2 is 1.88 bits per heavy atom. The molecule has 0 unspecified atom stereocenters. The van der Waals surface area contributed by atoms with Crippen LogP contribution in [0.5, 0.6) is 11.6 Å². The zero-order chi connectivity index (χ0) is 29.5. The van der Waals surface area contributed by atoms with E-state index in [1.807, 2.05) is 0 Å². The molecule has 1 aliphatic carbocycles. The van der Waals surface area contributed by atoms with Crippen LogP contribution in [-0.2, 0) is 12.7 Å². The molecule has 2 aromatic carbocycles. The third-order valence-electron chi connectivity index (χ3n) is 7.13. The number of ether oxygens (including phenoxy) is 1. The van der Waals surface area contributed by atoms with Crippen molar-refractivity contribution >= 4 is 23.5 Å². The van der Waals surface area contributed by atoms with E-state index < -0.39 is 29.4 Å². The summed E-state index contributed by atoms with van der Waals surface area (Å²) in [6.07, 6.45) is -4.43. The fourth-order valence-corrected chi connectivity index (χ4v) is 4.88. The summed E-state index contributed by atoms with van der Waals surface area (Å²) in [5.74, 6) is -4.53. The van der Waals surface area contributed by atoms with Gasteiger partial charge in [0.1, 0.15) is 11.3 Å². The van der Waals surface area contributed by atoms with Crippen LogP contribution in [0.1, 0.15) is 63.1 Å². The monoisotopic (exact) mass is 575 g/mol. The standard InChI is InChI=1S/C28H26F5N5O3/c1-15-12-16(23(39)35-18-8-10-27(29,30)11-9-18)6-7-20(15)36-26-34-13-19(28(31,32)33)24(37-26)41-21-5-3-4-17-14-38(2)25(40)22(17)21/h3-7,12-13,18H,8-11,14H2,1-2H3,(H,35,39)(H,34,36,37). The Balaban J connectivity index is 1.35. The Kier molecular flexibility index (Phi) is 7.30. The van der Waals surface area contributed by atoms with E-state index in [9.17, 15) is 31.5 Å². The van der Waals surface area contributed by atoms with Gasteiger partial charge in [-0.2, -0.15) is 18.2 Å². The number of amides is 2. The van der Waals surface area contributed by atoms with Crippen molar-refractivity contribution in [1.29, 1.82) is 0 Å². The SMILES string of the molecule is Cc1cc(C(=O)NC2CCC(F)(F)CC2)ccc1Nc1ncc(C(F)(F)F)c(Oc2cccc3c2C(=O)N(C)C3)n1. The minimum atomic E-state index is -4.83. The smallest absolute Gasteiger partial charge is 0.423 e. The lowest BCUT2D eigenvalue weighted by atomic mass is 9.92. The van der Waals surface area contributed by atoms with Crippen molar-refractivity contribution in [2.45, 2.75) is 57.3 Å². The minimum Gasteiger partial charge on any atom is -0.437 e. The van der Waals surface area contributed by atoms with Gasteiger partial charge in [-0.15, -0.1) is 0 Å². The predicted octanol–water partition coefficient (Wildman–Crippen LogP) is 6.23. The van der Waals surface area contributed by atoms with Crippen LogP contribution < -0.4 is 15.4 Å². The molecule has 0 saturated heterocycles. The predicted molar refractivity (Wildman–Crippen MR) is 138 cm³/mol. The van der Waals surface area contributed by atoms with Crippen LogP contribution in [0.2, 0.25) is 0 Å². The second-order valence-corrected chi connectivity index (χ2v) is 10.2. The first-order valence-electron chi connectivity index (χ1n) is 12.9. The zero-order valence-corrected chi connectivity index (χ0v) is 22.1. The molecule has 8 nitrogen and oxygen atoms in total. The fourth-order valence-electron chi connectivity index (χ4n) is 4.88. The Morgan fingerprint density at radius 3 is 2.56 bits per heavy atom. The number of fused-ring (bicyclic) bond motifs is 1. The van der Waals surface area contributed by atoms with Crippen molar-refractivity contribution in [1.82, 2.24) is 20.2 Å². The highest BCUT2D eigenvalue weighted by Gasteiger charge is 2.38. The molecule has 216 valence electrons. The molecule has 1 aromatic heterocycles. The van der Waals surface area contributed by atoms with E-state index in [1.54, 1.807) is 38.2 Å². The lowest BCUT2D eigenvalue weighted by Gasteiger charge is -2.28. The lowest BCUT2D eigenvalue weighted by molar-refractivity contribution is -0.139. The van der Waals surface area contributed by atoms with Gasteiger partial charge in [0.05, 0.1) is 5.56 Å². The highest BCUT2D eigenvalue weighted by Crippen LogP contribution is 2.40. The summed E-state index contributed by atoms with van der Waals surface area (Å²) in [7, 11) is 1.58. The van der Waals surface area contributed by atoms with Gasteiger partial charge >= 0.3 is 6.18 Å². The van der Waals surface area contributed by atoms with Gasteiger partial charge in [-0.1, -0.05) is 12.1 Å². The van der Waals surface area contributed by atoms with Crippen molar-refractivity contribution < 1.29 is 36.3 Å². The summed E-state index contributed by atoms with van der Waals surface area (Å²) in [5.41, 5.74) is 0.856. The highest BCUT2D eigenvalue weighted by atomic mass is 19.4. The summed E-state index contributed by atoms with van der Waals surface area (Å²) in [6, 6.07) is 8.93. The lowest BCUT2D eigenvalue weighted by Crippen LogP contribution is -2.40. The molecule has 5 rings (SSSR count). The number of hydrogen-bond acceptors (Lipinski definition) is 6. The Bertz CT molecular complexity index is 1500. The van der Waals surface area contributed by atoms with Gasteiger partial charge < -0.3 is 20.3 Å². The molecule has 2 heterocycles. The topological polar surface area (TPSA) is 96.4 Å². The Morgan fingerprint density at radius 1 is 1.15 bits per heavy atom. The second-order valence-electron chi connectivity index (χ2n) is 10.2. The van der Waals surface area contributed by atoms with Crippen LogP contribution >= 0.6 is 0 Å². The van der Waals surface area contributed by atoms with Crippen molar-refractivity contribution in [3.8, 4) is 11.6 Å². The van der Waals surface area contributed by atoms with Crippen molar-refractivity contribution in [3.05, 3.63) is 70.4 Å². The quantitative estimate of drug-likeness (QED) is 0.338. The number of alkyl halides is 5. The number of nitrogens with one attached hydrogen (secondary N) is 2. The van der Waals surface area contributed by atoms with Crippen LogP contribution in [0.15, 0.2) is 42.6 Å². The van der Waals surface area contributed by atoms with Crippen LogP contribution in [0, 0.1) is 6.92 Å². The number of nitrogens with zero attached hydrogens (tertiary/aromatic N) is 3.